The van der Waals surface area contributed by atoms with Gasteiger partial charge in [0.1, 0.15) is 0 Å². The highest BCUT2D eigenvalue weighted by Crippen LogP contribution is 2.67. The maximum absolute atomic E-state index is 2.62. The van der Waals surface area contributed by atoms with E-state index in [1.54, 1.807) is 0 Å². The maximum atomic E-state index is 2.62. The van der Waals surface area contributed by atoms with E-state index < -0.39 is 5.41 Å². The second-order valence-corrected chi connectivity index (χ2v) is 32.1. The molecule has 2 aliphatic carbocycles. The molecule has 4 aliphatic rings. The van der Waals surface area contributed by atoms with Crippen molar-refractivity contribution in [2.75, 3.05) is 9.80 Å². The fourth-order valence-corrected chi connectivity index (χ4v) is 21.9. The van der Waals surface area contributed by atoms with Crippen LogP contribution in [0.3, 0.4) is 0 Å². The lowest BCUT2D eigenvalue weighted by atomic mass is 9.35. The first-order valence-electron chi connectivity index (χ1n) is 40.8. The zero-order chi connectivity index (χ0) is 76.3. The van der Waals surface area contributed by atoms with Gasteiger partial charge in [0, 0.05) is 111 Å². The first-order chi connectivity index (χ1) is 58.1. The van der Waals surface area contributed by atoms with Crippen molar-refractivity contribution in [2.24, 2.45) is 0 Å². The number of anilines is 6. The Bertz CT molecular complexity index is 7950. The average Bonchev–Trinajstić information content (AvgIpc) is 1.49. The molecule has 0 fully saturated rings. The summed E-state index contributed by atoms with van der Waals surface area (Å²) in [6.07, 6.45) is 0. The fourth-order valence-electron chi connectivity index (χ4n) is 21.9. The molecule has 1 spiro atoms. The SMILES string of the molecule is c1ccc(B2c3ccccc3N(c3ccccc3)c3c2ccc2c3-c3cc(-n4c5ccccc5c5cc6c(cc54)c4ccccc4n6-c4ccccc4)ccc3C23c2ccc(-n4c5ccccc5c5cc6c7ccccc7n(-c7ccccc7)c6cc54)cc2-c2c3ccc3c2N(c2ccccc2)c2ccccc2B3c2ccccc2)cc1. The Hall–Kier alpha value is -15.1. The Kier molecular flexibility index (Phi) is 13.5. The molecule has 8 heteroatoms. The topological polar surface area (TPSA) is 26.2 Å². The summed E-state index contributed by atoms with van der Waals surface area (Å²) in [5.74, 6) is 0. The Labute approximate surface area is 676 Å². The largest absolute Gasteiger partial charge is 0.311 e. The molecule has 1 unspecified atom stereocenters. The first-order valence-corrected chi connectivity index (χ1v) is 40.8. The average molecular weight is 1480 g/mol. The van der Waals surface area contributed by atoms with Crippen LogP contribution in [0.2, 0.25) is 0 Å². The predicted molar refractivity (Wildman–Crippen MR) is 492 cm³/mol. The van der Waals surface area contributed by atoms with Gasteiger partial charge in [0.2, 0.25) is 13.4 Å². The molecule has 26 rings (SSSR count). The van der Waals surface area contributed by atoms with Crippen LogP contribution in [0.1, 0.15) is 22.3 Å². The molecule has 2 aliphatic heterocycles. The van der Waals surface area contributed by atoms with Gasteiger partial charge in [-0.15, -0.1) is 0 Å². The molecule has 0 saturated heterocycles. The second kappa shape index (κ2) is 24.5. The Balaban J connectivity index is 0.815. The number of aromatic nitrogens is 4. The summed E-state index contributed by atoms with van der Waals surface area (Å²) < 4.78 is 10.1. The molecule has 22 aromatic rings. The summed E-state index contributed by atoms with van der Waals surface area (Å²) in [5, 5.41) is 9.72. The van der Waals surface area contributed by atoms with E-state index in [0.717, 1.165) is 61.7 Å². The summed E-state index contributed by atoms with van der Waals surface area (Å²) in [5.41, 5.74) is 37.2. The van der Waals surface area contributed by atoms with Gasteiger partial charge in [0.25, 0.3) is 0 Å². The lowest BCUT2D eigenvalue weighted by Gasteiger charge is -2.40. The number of rotatable bonds is 8. The van der Waals surface area contributed by atoms with Crippen molar-refractivity contribution in [3.63, 3.8) is 0 Å². The molecule has 6 heterocycles. The minimum Gasteiger partial charge on any atom is -0.311 e. The molecule has 0 radical (unpaired) electrons. The third-order valence-electron chi connectivity index (χ3n) is 26.4. The van der Waals surface area contributed by atoms with Crippen molar-refractivity contribution >= 4 is 168 Å². The van der Waals surface area contributed by atoms with Crippen LogP contribution in [0.5, 0.6) is 0 Å². The van der Waals surface area contributed by atoms with Crippen LogP contribution in [0.25, 0.3) is 132 Å². The minimum atomic E-state index is -0.907. The molecule has 6 nitrogen and oxygen atoms in total. The number of hydrogen-bond acceptors (Lipinski definition) is 2. The second-order valence-electron chi connectivity index (χ2n) is 32.1. The van der Waals surface area contributed by atoms with Gasteiger partial charge in [0.15, 0.2) is 0 Å². The normalized spacial score (nSPS) is 14.3. The third-order valence-corrected chi connectivity index (χ3v) is 26.4. The van der Waals surface area contributed by atoms with Gasteiger partial charge < -0.3 is 28.1 Å². The van der Waals surface area contributed by atoms with Crippen LogP contribution in [0, 0.1) is 0 Å². The van der Waals surface area contributed by atoms with E-state index in [1.165, 1.54) is 160 Å². The molecular weight excluding hydrogens is 1410 g/mol. The van der Waals surface area contributed by atoms with E-state index in [-0.39, 0.29) is 13.4 Å². The van der Waals surface area contributed by atoms with Crippen molar-refractivity contribution < 1.29 is 0 Å². The zero-order valence-electron chi connectivity index (χ0n) is 63.6. The zero-order valence-corrected chi connectivity index (χ0v) is 63.6. The highest BCUT2D eigenvalue weighted by Gasteiger charge is 2.56. The van der Waals surface area contributed by atoms with Crippen molar-refractivity contribution in [3.05, 3.63) is 435 Å². The smallest absolute Gasteiger partial charge is 0.246 e. The quantitative estimate of drug-likeness (QED) is 0.142. The standard InChI is InChI=1S/C109H68B2N6/c1-7-31-69(32-8-1)110-91-47-23-29-53-99(91)116(73-39-15-5-16-40-73)107-93(110)61-59-89-105(107)85-63-75(114-98-52-28-22-46-80(98)84-66-101-83(67-102(84)114)79-45-21-26-50-96(79)112(101)71-35-11-3-12-36-71)55-57-87(85)109(89)88-58-56-76(115-97-51-27-20-44-78(97)82-65-81-77-43-19-25-49-95(77)113(103(81)68-104(82)115)72-37-13-4-14-38-72)64-86(88)106-90(109)60-62-94-108(106)117(74-41-17-6-18-42-74)100-54-30-24-48-92(100)111(94)70-33-9-2-10-34-70/h1-68H. The first kappa shape index (κ1) is 64.4. The van der Waals surface area contributed by atoms with E-state index in [4.69, 9.17) is 0 Å². The van der Waals surface area contributed by atoms with Crippen LogP contribution in [-0.4, -0.2) is 31.7 Å². The van der Waals surface area contributed by atoms with E-state index in [0.29, 0.717) is 0 Å². The molecule has 0 amide bonds. The highest BCUT2D eigenvalue weighted by atomic mass is 15.2. The highest BCUT2D eigenvalue weighted by molar-refractivity contribution is 6.99. The lowest BCUT2D eigenvalue weighted by molar-refractivity contribution is 0.793. The van der Waals surface area contributed by atoms with Gasteiger partial charge in [-0.3, -0.25) is 0 Å². The van der Waals surface area contributed by atoms with Crippen LogP contribution in [0.15, 0.2) is 413 Å². The van der Waals surface area contributed by atoms with Gasteiger partial charge in [-0.1, -0.05) is 290 Å². The van der Waals surface area contributed by atoms with Crippen LogP contribution >= 0.6 is 0 Å². The monoisotopic (exact) mass is 1480 g/mol. The van der Waals surface area contributed by atoms with Crippen LogP contribution in [-0.2, 0) is 5.41 Å². The van der Waals surface area contributed by atoms with Gasteiger partial charge in [-0.25, -0.2) is 0 Å². The van der Waals surface area contributed by atoms with E-state index in [1.807, 2.05) is 0 Å². The third kappa shape index (κ3) is 8.80. The summed E-state index contributed by atoms with van der Waals surface area (Å²) >= 11 is 0. The van der Waals surface area contributed by atoms with Gasteiger partial charge in [-0.05, 0) is 189 Å². The molecule has 4 aromatic heterocycles. The number of nitrogens with zero attached hydrogens (tertiary/aromatic N) is 6. The van der Waals surface area contributed by atoms with Gasteiger partial charge in [-0.2, -0.15) is 0 Å². The molecular formula is C109H68B2N6. The summed E-state index contributed by atoms with van der Waals surface area (Å²) in [7, 11) is 0. The van der Waals surface area contributed by atoms with E-state index in [9.17, 15) is 0 Å². The van der Waals surface area contributed by atoms with Crippen molar-refractivity contribution in [1.29, 1.82) is 0 Å². The van der Waals surface area contributed by atoms with Crippen molar-refractivity contribution in [3.8, 4) is 45.0 Å². The number of para-hydroxylation sites is 10. The lowest BCUT2D eigenvalue weighted by Crippen LogP contribution is -2.57. The Morgan fingerprint density at radius 1 is 0.188 bits per heavy atom. The maximum Gasteiger partial charge on any atom is 0.246 e. The molecule has 18 aromatic carbocycles. The molecule has 0 saturated carbocycles. The Morgan fingerprint density at radius 3 is 0.872 bits per heavy atom. The summed E-state index contributed by atoms with van der Waals surface area (Å²) in [6, 6.07) is 157. The number of fused-ring (bicyclic) bond motifs is 28. The van der Waals surface area contributed by atoms with E-state index in [2.05, 4.69) is 441 Å². The van der Waals surface area contributed by atoms with Crippen LogP contribution < -0.4 is 42.6 Å². The van der Waals surface area contributed by atoms with Gasteiger partial charge >= 0.3 is 0 Å². The minimum absolute atomic E-state index is 0.0999. The van der Waals surface area contributed by atoms with Gasteiger partial charge in [0.05, 0.1) is 49.5 Å². The molecule has 540 valence electrons. The van der Waals surface area contributed by atoms with Crippen molar-refractivity contribution in [2.45, 2.75) is 5.41 Å². The molecule has 1 atom stereocenters. The van der Waals surface area contributed by atoms with E-state index >= 15 is 0 Å². The summed E-state index contributed by atoms with van der Waals surface area (Å²) in [6.45, 7) is -0.200. The van der Waals surface area contributed by atoms with Crippen molar-refractivity contribution in [1.82, 2.24) is 18.3 Å². The Morgan fingerprint density at radius 2 is 0.487 bits per heavy atom. The fraction of sp³-hybridized carbons (Fsp3) is 0.00917. The molecule has 0 bridgehead atoms. The predicted octanol–water partition coefficient (Wildman–Crippen LogP) is 23.0. The number of hydrogen-bond donors (Lipinski definition) is 0. The summed E-state index contributed by atoms with van der Waals surface area (Å²) in [4.78, 5) is 5.25. The molecule has 117 heavy (non-hydrogen) atoms. The van der Waals surface area contributed by atoms with Crippen LogP contribution in [0.4, 0.5) is 34.1 Å². The number of benzene rings is 18. The molecule has 0 N–H and O–H groups in total.